The Hall–Kier alpha value is -3.08. The summed E-state index contributed by atoms with van der Waals surface area (Å²) in [6, 6.07) is 11.2. The molecule has 1 aliphatic carbocycles. The molecule has 4 rings (SSSR count). The van der Waals surface area contributed by atoms with Gasteiger partial charge in [-0.25, -0.2) is 9.78 Å². The summed E-state index contributed by atoms with van der Waals surface area (Å²) in [5, 5.41) is 12.9. The molecule has 0 bridgehead atoms. The van der Waals surface area contributed by atoms with Gasteiger partial charge < -0.3 is 10.1 Å². The molecule has 1 aromatic heterocycles. The number of nitrogens with one attached hydrogen (secondary N) is 1. The number of carbonyl (C=O) groups is 1. The Morgan fingerprint density at radius 2 is 1.94 bits per heavy atom. The maximum atomic E-state index is 13.7. The Morgan fingerprint density at radius 3 is 2.58 bits per heavy atom. The lowest BCUT2D eigenvalue weighted by atomic mass is 10.1. The predicted molar refractivity (Wildman–Crippen MR) is 127 cm³/mol. The maximum Gasteiger partial charge on any atom is 0.408 e. The van der Waals surface area contributed by atoms with Crippen molar-refractivity contribution < 1.29 is 9.53 Å². The number of benzene rings is 2. The van der Waals surface area contributed by atoms with Crippen LogP contribution in [0.15, 0.2) is 41.2 Å². The number of rotatable bonds is 4. The van der Waals surface area contributed by atoms with E-state index in [-0.39, 0.29) is 26.9 Å². The lowest BCUT2D eigenvalue weighted by Gasteiger charge is -2.25. The number of nitrogens with zero attached hydrogens (tertiary/aromatic N) is 3. The normalized spacial score (nSPS) is 14.5. The van der Waals surface area contributed by atoms with E-state index in [1.54, 1.807) is 57.2 Å². The van der Waals surface area contributed by atoms with Gasteiger partial charge in [-0.1, -0.05) is 29.3 Å². The molecule has 1 heterocycles. The third kappa shape index (κ3) is 4.82. The first-order chi connectivity index (χ1) is 15.6. The molecule has 1 N–H and O–H groups in total. The molecular formula is C24H22Cl2N4O3. The minimum atomic E-state index is -0.688. The summed E-state index contributed by atoms with van der Waals surface area (Å²) in [5.41, 5.74) is -0.0448. The van der Waals surface area contributed by atoms with Crippen LogP contribution in [0.2, 0.25) is 10.0 Å². The highest BCUT2D eigenvalue weighted by Crippen LogP contribution is 2.41. The largest absolute Gasteiger partial charge is 0.444 e. The van der Waals surface area contributed by atoms with Crippen LogP contribution in [-0.2, 0) is 4.74 Å². The fraction of sp³-hybridized carbons (Fsp3) is 0.333. The van der Waals surface area contributed by atoms with Gasteiger partial charge in [-0.05, 0) is 69.9 Å². The highest BCUT2D eigenvalue weighted by atomic mass is 35.5. The number of amides is 1. The van der Waals surface area contributed by atoms with Crippen LogP contribution >= 0.6 is 23.2 Å². The highest BCUT2D eigenvalue weighted by molar-refractivity contribution is 6.39. The van der Waals surface area contributed by atoms with E-state index in [0.29, 0.717) is 17.1 Å². The van der Waals surface area contributed by atoms with E-state index >= 15 is 0 Å². The first-order valence-electron chi connectivity index (χ1n) is 10.5. The third-order valence-electron chi connectivity index (χ3n) is 5.23. The summed E-state index contributed by atoms with van der Waals surface area (Å²) < 4.78 is 6.85. The van der Waals surface area contributed by atoms with Crippen molar-refractivity contribution in [3.63, 3.8) is 0 Å². The van der Waals surface area contributed by atoms with Crippen LogP contribution in [0.3, 0.4) is 0 Å². The van der Waals surface area contributed by atoms with Crippen LogP contribution in [0.4, 0.5) is 4.79 Å². The van der Waals surface area contributed by atoms with Gasteiger partial charge in [0.05, 0.1) is 44.3 Å². The monoisotopic (exact) mass is 484 g/mol. The number of nitriles is 1. The molecule has 33 heavy (non-hydrogen) atoms. The Labute approximate surface area is 200 Å². The van der Waals surface area contributed by atoms with Gasteiger partial charge in [0.1, 0.15) is 11.4 Å². The van der Waals surface area contributed by atoms with Gasteiger partial charge >= 0.3 is 6.09 Å². The van der Waals surface area contributed by atoms with Crippen molar-refractivity contribution >= 4 is 40.2 Å². The number of aromatic nitrogens is 2. The van der Waals surface area contributed by atoms with Gasteiger partial charge in [-0.2, -0.15) is 5.26 Å². The zero-order chi connectivity index (χ0) is 23.9. The van der Waals surface area contributed by atoms with Crippen molar-refractivity contribution in [3.8, 4) is 11.8 Å². The van der Waals surface area contributed by atoms with Gasteiger partial charge in [0, 0.05) is 0 Å². The van der Waals surface area contributed by atoms with Crippen LogP contribution < -0.4 is 10.9 Å². The molecule has 0 unspecified atom stereocenters. The van der Waals surface area contributed by atoms with Gasteiger partial charge in [0.2, 0.25) is 0 Å². The standard InChI is InChI=1S/C24H22Cl2N4O3/c1-24(2,3)33-23(32)29-19(14-7-8-14)21-28-20-17(26)10-9-16(25)18(20)22(31)30(21)15-6-4-5-13(11-15)12-27/h4-6,9-11,14,19H,7-8H2,1-3H3,(H,29,32)/t19-/m0/s1. The molecule has 0 aliphatic heterocycles. The molecule has 170 valence electrons. The number of alkyl carbamates (subject to hydrolysis) is 1. The summed E-state index contributed by atoms with van der Waals surface area (Å²) in [6.07, 6.45) is 1.11. The van der Waals surface area contributed by atoms with Crippen LogP contribution in [0.25, 0.3) is 16.6 Å². The van der Waals surface area contributed by atoms with E-state index < -0.39 is 23.3 Å². The summed E-state index contributed by atoms with van der Waals surface area (Å²) in [6.45, 7) is 5.33. The fourth-order valence-electron chi connectivity index (χ4n) is 3.66. The van der Waals surface area contributed by atoms with Crippen molar-refractivity contribution in [3.05, 3.63) is 68.2 Å². The number of fused-ring (bicyclic) bond motifs is 1. The number of carbonyl (C=O) groups excluding carboxylic acids is 1. The quantitative estimate of drug-likeness (QED) is 0.524. The number of ether oxygens (including phenoxy) is 1. The smallest absolute Gasteiger partial charge is 0.408 e. The summed E-state index contributed by atoms with van der Waals surface area (Å²) in [7, 11) is 0. The molecule has 1 amide bonds. The molecule has 1 saturated carbocycles. The Bertz CT molecular complexity index is 1350. The topological polar surface area (TPSA) is 97.0 Å². The molecule has 2 aromatic carbocycles. The average Bonchev–Trinajstić information content (AvgIpc) is 3.58. The van der Waals surface area contributed by atoms with E-state index in [9.17, 15) is 14.9 Å². The first kappa shape index (κ1) is 23.1. The van der Waals surface area contributed by atoms with E-state index in [4.69, 9.17) is 32.9 Å². The lowest BCUT2D eigenvalue weighted by Crippen LogP contribution is -2.39. The SMILES string of the molecule is CC(C)(C)OC(=O)N[C@H](c1nc2c(Cl)ccc(Cl)c2c(=O)n1-c1cccc(C#N)c1)C1CC1. The van der Waals surface area contributed by atoms with Gasteiger partial charge in [-0.3, -0.25) is 9.36 Å². The van der Waals surface area contributed by atoms with Crippen LogP contribution in [0, 0.1) is 17.2 Å². The summed E-state index contributed by atoms with van der Waals surface area (Å²) >= 11 is 12.7. The van der Waals surface area contributed by atoms with E-state index in [0.717, 1.165) is 12.8 Å². The van der Waals surface area contributed by atoms with Gasteiger partial charge in [0.25, 0.3) is 5.56 Å². The predicted octanol–water partition coefficient (Wildman–Crippen LogP) is 5.54. The Balaban J connectivity index is 1.97. The molecule has 7 nitrogen and oxygen atoms in total. The van der Waals surface area contributed by atoms with Crippen LogP contribution in [-0.4, -0.2) is 21.2 Å². The van der Waals surface area contributed by atoms with Gasteiger partial charge in [0.15, 0.2) is 0 Å². The average molecular weight is 485 g/mol. The summed E-state index contributed by atoms with van der Waals surface area (Å²) in [4.78, 5) is 31.1. The second kappa shape index (κ2) is 8.69. The van der Waals surface area contributed by atoms with E-state index in [2.05, 4.69) is 11.4 Å². The lowest BCUT2D eigenvalue weighted by molar-refractivity contribution is 0.0493. The van der Waals surface area contributed by atoms with Crippen molar-refractivity contribution in [2.24, 2.45) is 5.92 Å². The zero-order valence-corrected chi connectivity index (χ0v) is 19.9. The zero-order valence-electron chi connectivity index (χ0n) is 18.4. The second-order valence-corrected chi connectivity index (χ2v) is 9.80. The van der Waals surface area contributed by atoms with E-state index in [1.807, 2.05) is 0 Å². The molecule has 1 aliphatic rings. The molecule has 0 saturated heterocycles. The van der Waals surface area contributed by atoms with E-state index in [1.165, 1.54) is 4.57 Å². The molecule has 1 fully saturated rings. The number of hydrogen-bond acceptors (Lipinski definition) is 5. The first-order valence-corrected chi connectivity index (χ1v) is 11.3. The maximum absolute atomic E-state index is 13.7. The Kier molecular flexibility index (Phi) is 6.08. The molecule has 1 atom stereocenters. The Morgan fingerprint density at radius 1 is 1.24 bits per heavy atom. The van der Waals surface area contributed by atoms with Crippen molar-refractivity contribution in [2.45, 2.75) is 45.3 Å². The molecule has 3 aromatic rings. The van der Waals surface area contributed by atoms with Gasteiger partial charge in [-0.15, -0.1) is 0 Å². The number of halogens is 2. The molecule has 9 heteroatoms. The molecule has 0 spiro atoms. The van der Waals surface area contributed by atoms with Crippen LogP contribution in [0.1, 0.15) is 51.0 Å². The number of hydrogen-bond donors (Lipinski definition) is 1. The van der Waals surface area contributed by atoms with Crippen molar-refractivity contribution in [2.75, 3.05) is 0 Å². The summed E-state index contributed by atoms with van der Waals surface area (Å²) in [5.74, 6) is 0.380. The highest BCUT2D eigenvalue weighted by Gasteiger charge is 2.38. The molecule has 0 radical (unpaired) electrons. The fourth-order valence-corrected chi connectivity index (χ4v) is 4.10. The van der Waals surface area contributed by atoms with Crippen LogP contribution in [0.5, 0.6) is 0 Å². The minimum Gasteiger partial charge on any atom is -0.444 e. The molecular weight excluding hydrogens is 463 g/mol. The second-order valence-electron chi connectivity index (χ2n) is 8.99. The third-order valence-corrected chi connectivity index (χ3v) is 5.85. The van der Waals surface area contributed by atoms with Crippen molar-refractivity contribution in [1.82, 2.24) is 14.9 Å². The van der Waals surface area contributed by atoms with Crippen molar-refractivity contribution in [1.29, 1.82) is 5.26 Å². The minimum absolute atomic E-state index is 0.0743.